The fraction of sp³-hybridized carbons (Fsp3) is 0.727. The van der Waals surface area contributed by atoms with E-state index in [0.717, 1.165) is 0 Å². The lowest BCUT2D eigenvalue weighted by atomic mass is 10.3. The molecule has 1 unspecified atom stereocenters. The Morgan fingerprint density at radius 3 is 2.17 bits per heavy atom. The van der Waals surface area contributed by atoms with Gasteiger partial charge < -0.3 is 23.1 Å². The standard InChI is InChI=1S/C11H22O6Si/c1-9(2)11(13)17-8-6-7-10(12)18(14-3,15-4)16-5/h10,12H,1,6-8H2,2-5H3. The average molecular weight is 278 g/mol. The van der Waals surface area contributed by atoms with E-state index in [9.17, 15) is 9.90 Å². The Hall–Kier alpha value is -0.733. The first kappa shape index (κ1) is 17.3. The Kier molecular flexibility index (Phi) is 8.04. The molecule has 0 aliphatic carbocycles. The van der Waals surface area contributed by atoms with Gasteiger partial charge in [0.15, 0.2) is 0 Å². The number of carbonyl (C=O) groups is 1. The summed E-state index contributed by atoms with van der Waals surface area (Å²) in [5.41, 5.74) is -0.494. The predicted molar refractivity (Wildman–Crippen MR) is 67.8 cm³/mol. The minimum atomic E-state index is -3.02. The van der Waals surface area contributed by atoms with Gasteiger partial charge in [-0.15, -0.1) is 0 Å². The van der Waals surface area contributed by atoms with Crippen molar-refractivity contribution < 1.29 is 27.9 Å². The maximum atomic E-state index is 11.1. The lowest BCUT2D eigenvalue weighted by Gasteiger charge is -2.28. The SMILES string of the molecule is C=C(C)C(=O)OCCCC(O)[Si](OC)(OC)OC. The average Bonchev–Trinajstić information content (AvgIpc) is 2.37. The fourth-order valence-electron chi connectivity index (χ4n) is 1.40. The molecule has 0 spiro atoms. The molecular weight excluding hydrogens is 256 g/mol. The molecule has 0 rings (SSSR count). The van der Waals surface area contributed by atoms with E-state index < -0.39 is 20.5 Å². The van der Waals surface area contributed by atoms with Gasteiger partial charge in [0, 0.05) is 26.9 Å². The van der Waals surface area contributed by atoms with Crippen LogP contribution in [0.2, 0.25) is 0 Å². The first-order chi connectivity index (χ1) is 8.43. The largest absolute Gasteiger partial charge is 0.530 e. The molecule has 0 aromatic rings. The molecule has 0 aliphatic rings. The maximum Gasteiger partial charge on any atom is 0.530 e. The Bertz CT molecular complexity index is 268. The Labute approximate surface area is 109 Å². The van der Waals surface area contributed by atoms with E-state index in [2.05, 4.69) is 6.58 Å². The summed E-state index contributed by atoms with van der Waals surface area (Å²) in [6, 6.07) is 0. The van der Waals surface area contributed by atoms with Gasteiger partial charge in [0.1, 0.15) is 5.73 Å². The third-order valence-corrected chi connectivity index (χ3v) is 5.28. The number of aliphatic hydroxyl groups excluding tert-OH is 1. The van der Waals surface area contributed by atoms with Crippen molar-refractivity contribution in [1.29, 1.82) is 0 Å². The van der Waals surface area contributed by atoms with Gasteiger partial charge in [-0.25, -0.2) is 4.79 Å². The Morgan fingerprint density at radius 1 is 1.28 bits per heavy atom. The van der Waals surface area contributed by atoms with Crippen molar-refractivity contribution in [2.45, 2.75) is 25.5 Å². The van der Waals surface area contributed by atoms with Crippen LogP contribution in [0.1, 0.15) is 19.8 Å². The summed E-state index contributed by atoms with van der Waals surface area (Å²) in [6.45, 7) is 5.26. The van der Waals surface area contributed by atoms with Crippen LogP contribution < -0.4 is 0 Å². The summed E-state index contributed by atoms with van der Waals surface area (Å²) in [5, 5.41) is 9.96. The van der Waals surface area contributed by atoms with Crippen molar-refractivity contribution in [2.24, 2.45) is 0 Å². The van der Waals surface area contributed by atoms with E-state index in [-0.39, 0.29) is 6.61 Å². The molecule has 0 aromatic carbocycles. The lowest BCUT2D eigenvalue weighted by Crippen LogP contribution is -2.54. The molecule has 6 nitrogen and oxygen atoms in total. The molecule has 0 aliphatic heterocycles. The smallest absolute Gasteiger partial charge is 0.462 e. The van der Waals surface area contributed by atoms with Gasteiger partial charge in [-0.05, 0) is 19.8 Å². The first-order valence-corrected chi connectivity index (χ1v) is 7.39. The molecule has 1 N–H and O–H groups in total. The summed E-state index contributed by atoms with van der Waals surface area (Å²) < 4.78 is 20.3. The van der Waals surface area contributed by atoms with Crippen LogP contribution in [0.15, 0.2) is 12.2 Å². The number of hydrogen-bond donors (Lipinski definition) is 1. The predicted octanol–water partition coefficient (Wildman–Crippen LogP) is 0.664. The van der Waals surface area contributed by atoms with Crippen LogP contribution in [0.4, 0.5) is 0 Å². The number of hydrogen-bond acceptors (Lipinski definition) is 6. The van der Waals surface area contributed by atoms with E-state index >= 15 is 0 Å². The lowest BCUT2D eigenvalue weighted by molar-refractivity contribution is -0.139. The van der Waals surface area contributed by atoms with Crippen molar-refractivity contribution in [3.05, 3.63) is 12.2 Å². The van der Waals surface area contributed by atoms with Gasteiger partial charge in [0.05, 0.1) is 6.61 Å². The zero-order chi connectivity index (χ0) is 14.2. The summed E-state index contributed by atoms with van der Waals surface area (Å²) in [6.07, 6.45) is 0.857. The molecule has 18 heavy (non-hydrogen) atoms. The minimum absolute atomic E-state index is 0.213. The minimum Gasteiger partial charge on any atom is -0.462 e. The topological polar surface area (TPSA) is 74.2 Å². The number of ether oxygens (including phenoxy) is 1. The second-order valence-electron chi connectivity index (χ2n) is 3.79. The zero-order valence-corrected chi connectivity index (χ0v) is 12.4. The molecule has 0 saturated heterocycles. The van der Waals surface area contributed by atoms with Gasteiger partial charge in [0.25, 0.3) is 0 Å². The zero-order valence-electron chi connectivity index (χ0n) is 11.4. The van der Waals surface area contributed by atoms with E-state index in [1.807, 2.05) is 0 Å². The quantitative estimate of drug-likeness (QED) is 0.289. The third-order valence-electron chi connectivity index (χ3n) is 2.47. The molecule has 7 heteroatoms. The Morgan fingerprint density at radius 2 is 1.78 bits per heavy atom. The molecular formula is C11H22O6Si. The summed E-state index contributed by atoms with van der Waals surface area (Å²) in [5.74, 6) is -0.432. The number of aliphatic hydroxyl groups is 1. The molecule has 0 amide bonds. The monoisotopic (exact) mass is 278 g/mol. The van der Waals surface area contributed by atoms with E-state index in [4.69, 9.17) is 18.0 Å². The number of carbonyl (C=O) groups excluding carboxylic acids is 1. The second kappa shape index (κ2) is 8.38. The van der Waals surface area contributed by atoms with Crippen LogP contribution >= 0.6 is 0 Å². The highest BCUT2D eigenvalue weighted by Crippen LogP contribution is 2.16. The summed E-state index contributed by atoms with van der Waals surface area (Å²) in [7, 11) is 1.28. The van der Waals surface area contributed by atoms with Crippen molar-refractivity contribution in [3.8, 4) is 0 Å². The van der Waals surface area contributed by atoms with Crippen LogP contribution in [0.25, 0.3) is 0 Å². The molecule has 0 heterocycles. The van der Waals surface area contributed by atoms with Gasteiger partial charge in [-0.2, -0.15) is 0 Å². The van der Waals surface area contributed by atoms with Crippen molar-refractivity contribution >= 4 is 14.8 Å². The molecule has 106 valence electrons. The van der Waals surface area contributed by atoms with Crippen molar-refractivity contribution in [2.75, 3.05) is 27.9 Å². The van der Waals surface area contributed by atoms with Gasteiger partial charge in [-0.1, -0.05) is 6.58 Å². The maximum absolute atomic E-state index is 11.1. The van der Waals surface area contributed by atoms with Crippen LogP contribution in [-0.2, 0) is 22.8 Å². The van der Waals surface area contributed by atoms with E-state index in [0.29, 0.717) is 18.4 Å². The van der Waals surface area contributed by atoms with Crippen molar-refractivity contribution in [3.63, 3.8) is 0 Å². The third kappa shape index (κ3) is 4.87. The molecule has 0 aromatic heterocycles. The molecule has 1 atom stereocenters. The Balaban J connectivity index is 4.06. The van der Waals surface area contributed by atoms with Gasteiger partial charge >= 0.3 is 14.8 Å². The molecule has 0 fully saturated rings. The normalized spacial score (nSPS) is 13.2. The molecule has 0 radical (unpaired) electrons. The van der Waals surface area contributed by atoms with E-state index in [1.54, 1.807) is 6.92 Å². The van der Waals surface area contributed by atoms with Crippen LogP contribution in [0.3, 0.4) is 0 Å². The van der Waals surface area contributed by atoms with Crippen molar-refractivity contribution in [1.82, 2.24) is 0 Å². The van der Waals surface area contributed by atoms with Gasteiger partial charge in [0.2, 0.25) is 0 Å². The number of rotatable bonds is 9. The van der Waals surface area contributed by atoms with E-state index in [1.165, 1.54) is 21.3 Å². The first-order valence-electron chi connectivity index (χ1n) is 5.59. The number of esters is 1. The van der Waals surface area contributed by atoms with Crippen LogP contribution in [0.5, 0.6) is 0 Å². The second-order valence-corrected chi connectivity index (χ2v) is 6.89. The highest BCUT2D eigenvalue weighted by molar-refractivity contribution is 6.61. The van der Waals surface area contributed by atoms with Gasteiger partial charge in [-0.3, -0.25) is 0 Å². The summed E-state index contributed by atoms with van der Waals surface area (Å²) >= 11 is 0. The highest BCUT2D eigenvalue weighted by atomic mass is 28.4. The van der Waals surface area contributed by atoms with Crippen LogP contribution in [0, 0.1) is 0 Å². The highest BCUT2D eigenvalue weighted by Gasteiger charge is 2.46. The van der Waals surface area contributed by atoms with Crippen LogP contribution in [-0.4, -0.2) is 53.5 Å². The summed E-state index contributed by atoms with van der Waals surface area (Å²) in [4.78, 5) is 11.1. The molecule has 0 bridgehead atoms. The fourth-order valence-corrected chi connectivity index (χ4v) is 3.27. The molecule has 0 saturated carbocycles.